The smallest absolute Gasteiger partial charge is 0.317 e. The predicted octanol–water partition coefficient (Wildman–Crippen LogP) is 1.75. The summed E-state index contributed by atoms with van der Waals surface area (Å²) in [6, 6.07) is 9.76. The molecular formula is C17H22N4O2. The van der Waals surface area contributed by atoms with Crippen molar-refractivity contribution in [3.8, 4) is 11.3 Å². The van der Waals surface area contributed by atoms with E-state index in [2.05, 4.69) is 10.4 Å². The first-order valence-electron chi connectivity index (χ1n) is 7.92. The van der Waals surface area contributed by atoms with Crippen LogP contribution in [0.25, 0.3) is 11.3 Å². The van der Waals surface area contributed by atoms with Crippen LogP contribution in [0.5, 0.6) is 0 Å². The maximum Gasteiger partial charge on any atom is 0.317 e. The van der Waals surface area contributed by atoms with Crippen LogP contribution >= 0.6 is 0 Å². The summed E-state index contributed by atoms with van der Waals surface area (Å²) in [5.41, 5.74) is 2.90. The van der Waals surface area contributed by atoms with Gasteiger partial charge in [-0.15, -0.1) is 0 Å². The lowest BCUT2D eigenvalue weighted by Crippen LogP contribution is -2.43. The topological polar surface area (TPSA) is 70.4 Å². The summed E-state index contributed by atoms with van der Waals surface area (Å²) in [4.78, 5) is 14.0. The summed E-state index contributed by atoms with van der Waals surface area (Å²) >= 11 is 0. The molecule has 1 fully saturated rings. The van der Waals surface area contributed by atoms with E-state index < -0.39 is 0 Å². The van der Waals surface area contributed by atoms with E-state index in [1.54, 1.807) is 9.58 Å². The number of benzene rings is 1. The Balaban J connectivity index is 1.70. The van der Waals surface area contributed by atoms with E-state index in [9.17, 15) is 9.90 Å². The van der Waals surface area contributed by atoms with E-state index in [0.29, 0.717) is 13.1 Å². The fourth-order valence-corrected chi connectivity index (χ4v) is 3.07. The summed E-state index contributed by atoms with van der Waals surface area (Å²) in [7, 11) is 1.88. The Morgan fingerprint density at radius 2 is 2.17 bits per heavy atom. The molecule has 1 atom stereocenters. The second-order valence-electron chi connectivity index (χ2n) is 5.87. The lowest BCUT2D eigenvalue weighted by molar-refractivity contribution is 0.157. The van der Waals surface area contributed by atoms with Gasteiger partial charge in [-0.1, -0.05) is 30.3 Å². The monoisotopic (exact) mass is 314 g/mol. The Hall–Kier alpha value is -2.34. The van der Waals surface area contributed by atoms with Gasteiger partial charge in [0.25, 0.3) is 0 Å². The van der Waals surface area contributed by atoms with Gasteiger partial charge < -0.3 is 15.3 Å². The van der Waals surface area contributed by atoms with Crippen molar-refractivity contribution >= 4 is 6.03 Å². The summed E-state index contributed by atoms with van der Waals surface area (Å²) in [5, 5.41) is 16.8. The number of hydrogen-bond acceptors (Lipinski definition) is 3. The van der Waals surface area contributed by atoms with Crippen molar-refractivity contribution in [3.63, 3.8) is 0 Å². The predicted molar refractivity (Wildman–Crippen MR) is 87.7 cm³/mol. The first kappa shape index (κ1) is 15.6. The molecule has 1 saturated heterocycles. The van der Waals surface area contributed by atoms with Crippen LogP contribution in [0.3, 0.4) is 0 Å². The summed E-state index contributed by atoms with van der Waals surface area (Å²) in [6.07, 6.45) is 3.74. The molecule has 122 valence electrons. The second kappa shape index (κ2) is 6.83. The van der Waals surface area contributed by atoms with Crippen molar-refractivity contribution < 1.29 is 9.90 Å². The highest BCUT2D eigenvalue weighted by Crippen LogP contribution is 2.22. The maximum absolute atomic E-state index is 12.3. The number of nitrogens with one attached hydrogen (secondary N) is 1. The van der Waals surface area contributed by atoms with Gasteiger partial charge in [0, 0.05) is 37.5 Å². The molecule has 0 spiro atoms. The third-order valence-electron chi connectivity index (χ3n) is 4.23. The van der Waals surface area contributed by atoms with E-state index in [4.69, 9.17) is 0 Å². The summed E-state index contributed by atoms with van der Waals surface area (Å²) in [5.74, 6) is 0. The molecule has 0 unspecified atom stereocenters. The fraction of sp³-hybridized carbons (Fsp3) is 0.412. The lowest BCUT2D eigenvalue weighted by Gasteiger charge is -2.23. The van der Waals surface area contributed by atoms with Crippen molar-refractivity contribution in [1.82, 2.24) is 20.0 Å². The number of aryl methyl sites for hydroxylation is 1. The maximum atomic E-state index is 12.3. The molecule has 6 heteroatoms. The third-order valence-corrected chi connectivity index (χ3v) is 4.23. The van der Waals surface area contributed by atoms with E-state index >= 15 is 0 Å². The molecule has 2 amide bonds. The minimum Gasteiger partial charge on any atom is -0.394 e. The van der Waals surface area contributed by atoms with Crippen LogP contribution in [0.4, 0.5) is 4.79 Å². The Morgan fingerprint density at radius 3 is 2.91 bits per heavy atom. The van der Waals surface area contributed by atoms with Gasteiger partial charge in [0.15, 0.2) is 0 Å². The molecule has 1 aliphatic heterocycles. The Labute approximate surface area is 135 Å². The first-order valence-corrected chi connectivity index (χ1v) is 7.92. The number of carbonyl (C=O) groups is 1. The number of rotatable bonds is 4. The van der Waals surface area contributed by atoms with Crippen molar-refractivity contribution in [1.29, 1.82) is 0 Å². The van der Waals surface area contributed by atoms with Gasteiger partial charge in [-0.05, 0) is 12.8 Å². The normalized spacial score (nSPS) is 17.5. The molecule has 2 aromatic rings. The molecule has 3 rings (SSSR count). The molecule has 2 heterocycles. The van der Waals surface area contributed by atoms with Crippen LogP contribution < -0.4 is 5.32 Å². The second-order valence-corrected chi connectivity index (χ2v) is 5.87. The van der Waals surface area contributed by atoms with Crippen LogP contribution in [0.2, 0.25) is 0 Å². The van der Waals surface area contributed by atoms with E-state index in [0.717, 1.165) is 29.7 Å². The number of carbonyl (C=O) groups excluding carboxylic acids is 1. The molecule has 0 radical (unpaired) electrons. The minimum absolute atomic E-state index is 0.0234. The number of nitrogens with zero attached hydrogens (tertiary/aromatic N) is 3. The molecule has 1 aliphatic rings. The quantitative estimate of drug-likeness (QED) is 0.903. The number of likely N-dealkylation sites (tertiary alicyclic amines) is 1. The van der Waals surface area contributed by atoms with E-state index in [-0.39, 0.29) is 18.7 Å². The number of hydrogen-bond donors (Lipinski definition) is 2. The van der Waals surface area contributed by atoms with E-state index in [1.807, 2.05) is 43.6 Å². The molecule has 6 nitrogen and oxygen atoms in total. The van der Waals surface area contributed by atoms with Gasteiger partial charge in [-0.3, -0.25) is 4.68 Å². The van der Waals surface area contributed by atoms with Crippen molar-refractivity contribution in [3.05, 3.63) is 42.1 Å². The standard InChI is InChI=1S/C17H22N4O2/c1-20-11-14(16(19-20)13-6-3-2-4-7-13)10-18-17(23)21-9-5-8-15(21)12-22/h2-4,6-7,11,15,22H,5,8-10,12H2,1H3,(H,18,23)/t15-/m0/s1. The van der Waals surface area contributed by atoms with Crippen LogP contribution in [-0.2, 0) is 13.6 Å². The van der Waals surface area contributed by atoms with Crippen LogP contribution in [0, 0.1) is 0 Å². The Morgan fingerprint density at radius 1 is 1.39 bits per heavy atom. The molecule has 0 bridgehead atoms. The van der Waals surface area contributed by atoms with Crippen LogP contribution in [0.15, 0.2) is 36.5 Å². The summed E-state index contributed by atoms with van der Waals surface area (Å²) in [6.45, 7) is 1.15. The highest BCUT2D eigenvalue weighted by Gasteiger charge is 2.28. The van der Waals surface area contributed by atoms with Gasteiger partial charge >= 0.3 is 6.03 Å². The van der Waals surface area contributed by atoms with Crippen molar-refractivity contribution in [2.45, 2.75) is 25.4 Å². The highest BCUT2D eigenvalue weighted by atomic mass is 16.3. The number of amides is 2. The minimum atomic E-state index is -0.121. The Bertz CT molecular complexity index is 668. The molecule has 1 aromatic carbocycles. The average molecular weight is 314 g/mol. The van der Waals surface area contributed by atoms with Gasteiger partial charge in [-0.25, -0.2) is 4.79 Å². The lowest BCUT2D eigenvalue weighted by atomic mass is 10.1. The number of aromatic nitrogens is 2. The third kappa shape index (κ3) is 3.37. The molecule has 0 aliphatic carbocycles. The first-order chi connectivity index (χ1) is 11.2. The SMILES string of the molecule is Cn1cc(CNC(=O)N2CCC[C@H]2CO)c(-c2ccccc2)n1. The van der Waals surface area contributed by atoms with Crippen molar-refractivity contribution in [2.24, 2.45) is 7.05 Å². The number of aliphatic hydroxyl groups excluding tert-OH is 1. The molecular weight excluding hydrogens is 292 g/mol. The summed E-state index contributed by atoms with van der Waals surface area (Å²) < 4.78 is 1.76. The fourth-order valence-electron chi connectivity index (χ4n) is 3.07. The zero-order valence-corrected chi connectivity index (χ0v) is 13.3. The average Bonchev–Trinajstić information content (AvgIpc) is 3.19. The number of aliphatic hydroxyl groups is 1. The van der Waals surface area contributed by atoms with Gasteiger partial charge in [0.2, 0.25) is 0 Å². The molecule has 1 aromatic heterocycles. The van der Waals surface area contributed by atoms with E-state index in [1.165, 1.54) is 0 Å². The highest BCUT2D eigenvalue weighted by molar-refractivity contribution is 5.75. The van der Waals surface area contributed by atoms with Gasteiger partial charge in [0.05, 0.1) is 18.3 Å². The van der Waals surface area contributed by atoms with Gasteiger partial charge in [-0.2, -0.15) is 5.10 Å². The molecule has 0 saturated carbocycles. The van der Waals surface area contributed by atoms with Crippen LogP contribution in [-0.4, -0.2) is 45.0 Å². The molecule has 23 heavy (non-hydrogen) atoms. The molecule has 2 N–H and O–H groups in total. The van der Waals surface area contributed by atoms with Crippen LogP contribution in [0.1, 0.15) is 18.4 Å². The Kier molecular flexibility index (Phi) is 4.62. The largest absolute Gasteiger partial charge is 0.394 e. The zero-order valence-electron chi connectivity index (χ0n) is 13.3. The van der Waals surface area contributed by atoms with Crippen molar-refractivity contribution in [2.75, 3.05) is 13.2 Å². The zero-order chi connectivity index (χ0) is 16.2. The number of urea groups is 1. The van der Waals surface area contributed by atoms with Gasteiger partial charge in [0.1, 0.15) is 0 Å².